The fourth-order valence-electron chi connectivity index (χ4n) is 4.16. The zero-order chi connectivity index (χ0) is 21.4. The number of nitrogens with two attached hydrogens (primary N) is 1. The van der Waals surface area contributed by atoms with E-state index < -0.39 is 0 Å². The molecule has 8 nitrogen and oxygen atoms in total. The zero-order valence-corrected chi connectivity index (χ0v) is 18.0. The number of benzene rings is 1. The summed E-state index contributed by atoms with van der Waals surface area (Å²) < 4.78 is 11.6. The predicted molar refractivity (Wildman–Crippen MR) is 121 cm³/mol. The van der Waals surface area contributed by atoms with Gasteiger partial charge in [0.05, 0.1) is 24.6 Å². The minimum absolute atomic E-state index is 0.0487. The number of morpholine rings is 1. The Hall–Kier alpha value is -2.68. The van der Waals surface area contributed by atoms with E-state index in [9.17, 15) is 0 Å². The van der Waals surface area contributed by atoms with Crippen molar-refractivity contribution in [1.82, 2.24) is 14.9 Å². The Labute approximate surface area is 183 Å². The summed E-state index contributed by atoms with van der Waals surface area (Å²) >= 11 is 0. The molecule has 0 unspecified atom stereocenters. The van der Waals surface area contributed by atoms with Crippen molar-refractivity contribution in [1.29, 1.82) is 0 Å². The van der Waals surface area contributed by atoms with Crippen molar-refractivity contribution in [2.24, 2.45) is 5.84 Å². The summed E-state index contributed by atoms with van der Waals surface area (Å²) in [5, 5.41) is 0. The first kappa shape index (κ1) is 20.2. The molecule has 1 aliphatic carbocycles. The van der Waals surface area contributed by atoms with Crippen LogP contribution in [0, 0.1) is 0 Å². The Morgan fingerprint density at radius 2 is 2.00 bits per heavy atom. The third-order valence-electron chi connectivity index (χ3n) is 6.50. The molecule has 3 N–H and O–H groups in total. The average Bonchev–Trinajstić information content (AvgIpc) is 3.49. The number of nitrogens with zero attached hydrogens (tertiary/aromatic N) is 4. The molecule has 8 heteroatoms. The number of hydrazine groups is 1. The molecule has 2 saturated heterocycles. The Morgan fingerprint density at radius 3 is 2.71 bits per heavy atom. The summed E-state index contributed by atoms with van der Waals surface area (Å²) in [6.45, 7) is 12.1. The predicted octanol–water partition coefficient (Wildman–Crippen LogP) is 2.28. The minimum atomic E-state index is -0.0487. The molecule has 3 heterocycles. The molecule has 3 aliphatic rings. The average molecular weight is 423 g/mol. The van der Waals surface area contributed by atoms with E-state index in [1.165, 1.54) is 0 Å². The summed E-state index contributed by atoms with van der Waals surface area (Å²) in [6, 6.07) is 8.42. The zero-order valence-electron chi connectivity index (χ0n) is 18.0. The molecule has 5 rings (SSSR count). The third-order valence-corrected chi connectivity index (χ3v) is 6.50. The van der Waals surface area contributed by atoms with E-state index >= 15 is 0 Å². The number of hydrogen-bond donors (Lipinski definition) is 2. The van der Waals surface area contributed by atoms with Crippen molar-refractivity contribution in [2.75, 3.05) is 49.7 Å². The lowest BCUT2D eigenvalue weighted by Crippen LogP contribution is -2.61. The molecule has 1 aromatic heterocycles. The summed E-state index contributed by atoms with van der Waals surface area (Å²) in [6.07, 6.45) is 3.77. The van der Waals surface area contributed by atoms with Crippen LogP contribution in [-0.4, -0.2) is 65.9 Å². The number of aromatic nitrogens is 2. The van der Waals surface area contributed by atoms with Crippen LogP contribution in [0.1, 0.15) is 31.0 Å². The van der Waals surface area contributed by atoms with Crippen molar-refractivity contribution in [3.63, 3.8) is 0 Å². The summed E-state index contributed by atoms with van der Waals surface area (Å²) in [7, 11) is 0. The largest absolute Gasteiger partial charge is 0.488 e. The van der Waals surface area contributed by atoms with Gasteiger partial charge in [-0.2, -0.15) is 0 Å². The first-order valence-electron chi connectivity index (χ1n) is 10.9. The lowest BCUT2D eigenvalue weighted by atomic mass is 10.0. The van der Waals surface area contributed by atoms with E-state index in [-0.39, 0.29) is 5.60 Å². The number of ether oxygens (including phenoxy) is 2. The second kappa shape index (κ2) is 8.11. The maximum atomic E-state index is 6.13. The molecule has 1 saturated carbocycles. The van der Waals surface area contributed by atoms with Crippen LogP contribution in [-0.2, 0) is 4.74 Å². The molecule has 1 aromatic carbocycles. The monoisotopic (exact) mass is 422 g/mol. The van der Waals surface area contributed by atoms with Crippen LogP contribution in [0.4, 0.5) is 11.5 Å². The number of rotatable bonds is 7. The SMILES string of the molecule is C=C(c1cc(N2CC(N3CCOCC3)C2)ncn1)c1cc(OC2(C)CC2)ccc1NN. The van der Waals surface area contributed by atoms with Crippen molar-refractivity contribution in [3.8, 4) is 5.75 Å². The number of hydrogen-bond acceptors (Lipinski definition) is 8. The first-order chi connectivity index (χ1) is 15.0. The number of anilines is 2. The van der Waals surface area contributed by atoms with E-state index in [1.807, 2.05) is 24.3 Å². The van der Waals surface area contributed by atoms with Gasteiger partial charge in [0.1, 0.15) is 23.5 Å². The van der Waals surface area contributed by atoms with Crippen LogP contribution in [0.5, 0.6) is 5.75 Å². The molecule has 0 amide bonds. The van der Waals surface area contributed by atoms with Crippen molar-refractivity contribution >= 4 is 17.1 Å². The lowest BCUT2D eigenvalue weighted by Gasteiger charge is -2.47. The first-order valence-corrected chi connectivity index (χ1v) is 10.9. The molecule has 2 aliphatic heterocycles. The van der Waals surface area contributed by atoms with Crippen LogP contribution < -0.4 is 20.9 Å². The maximum absolute atomic E-state index is 6.13. The Bertz CT molecular complexity index is 964. The molecular weight excluding hydrogens is 392 g/mol. The molecule has 0 bridgehead atoms. The van der Waals surface area contributed by atoms with E-state index in [2.05, 4.69) is 38.7 Å². The smallest absolute Gasteiger partial charge is 0.132 e. The second-order valence-electron chi connectivity index (χ2n) is 8.85. The van der Waals surface area contributed by atoms with Crippen LogP contribution in [0.15, 0.2) is 37.2 Å². The standard InChI is InChI=1S/C23H30N6O2/c1-16(19-11-18(3-4-20(19)27-24)31-23(2)5-6-23)21-12-22(26-15-25-21)29-13-17(14-29)28-7-9-30-10-8-28/h3-4,11-12,15,17,27H,1,5-10,13-14,24H2,2H3. The van der Waals surface area contributed by atoms with Crippen LogP contribution in [0.3, 0.4) is 0 Å². The molecule has 0 spiro atoms. The molecule has 2 aromatic rings. The quantitative estimate of drug-likeness (QED) is 0.519. The fraction of sp³-hybridized carbons (Fsp3) is 0.478. The van der Waals surface area contributed by atoms with Gasteiger partial charge >= 0.3 is 0 Å². The van der Waals surface area contributed by atoms with Gasteiger partial charge < -0.3 is 19.8 Å². The van der Waals surface area contributed by atoms with Gasteiger partial charge in [-0.1, -0.05) is 6.58 Å². The van der Waals surface area contributed by atoms with Crippen molar-refractivity contribution < 1.29 is 9.47 Å². The van der Waals surface area contributed by atoms with E-state index in [1.54, 1.807) is 6.33 Å². The number of nitrogen functional groups attached to an aromatic ring is 1. The van der Waals surface area contributed by atoms with Gasteiger partial charge in [0.15, 0.2) is 0 Å². The van der Waals surface area contributed by atoms with E-state index in [4.69, 9.17) is 15.3 Å². The highest BCUT2D eigenvalue weighted by atomic mass is 16.5. The van der Waals surface area contributed by atoms with Gasteiger partial charge in [0.25, 0.3) is 0 Å². The highest BCUT2D eigenvalue weighted by Gasteiger charge is 2.40. The summed E-state index contributed by atoms with van der Waals surface area (Å²) in [5.41, 5.74) is 5.95. The molecule has 0 atom stereocenters. The van der Waals surface area contributed by atoms with Gasteiger partial charge in [0.2, 0.25) is 0 Å². The van der Waals surface area contributed by atoms with Crippen molar-refractivity contribution in [2.45, 2.75) is 31.4 Å². The van der Waals surface area contributed by atoms with E-state index in [0.717, 1.165) is 86.3 Å². The molecule has 31 heavy (non-hydrogen) atoms. The van der Waals surface area contributed by atoms with E-state index in [0.29, 0.717) is 6.04 Å². The summed E-state index contributed by atoms with van der Waals surface area (Å²) in [4.78, 5) is 13.8. The normalized spacial score (nSPS) is 20.8. The van der Waals surface area contributed by atoms with Crippen LogP contribution >= 0.6 is 0 Å². The molecule has 0 radical (unpaired) electrons. The highest BCUT2D eigenvalue weighted by Crippen LogP contribution is 2.41. The topological polar surface area (TPSA) is 88.8 Å². The van der Waals surface area contributed by atoms with Crippen molar-refractivity contribution in [3.05, 3.63) is 48.4 Å². The van der Waals surface area contributed by atoms with Crippen LogP contribution in [0.25, 0.3) is 5.57 Å². The maximum Gasteiger partial charge on any atom is 0.132 e. The lowest BCUT2D eigenvalue weighted by molar-refractivity contribution is 0.0104. The molecular formula is C23H30N6O2. The Morgan fingerprint density at radius 1 is 1.23 bits per heavy atom. The van der Waals surface area contributed by atoms with Gasteiger partial charge in [0, 0.05) is 49.4 Å². The van der Waals surface area contributed by atoms with Gasteiger partial charge in [-0.25, -0.2) is 9.97 Å². The third kappa shape index (κ3) is 4.23. The molecule has 164 valence electrons. The molecule has 3 fully saturated rings. The fourth-order valence-corrected chi connectivity index (χ4v) is 4.16. The van der Waals surface area contributed by atoms with Crippen LogP contribution in [0.2, 0.25) is 0 Å². The summed E-state index contributed by atoms with van der Waals surface area (Å²) in [5.74, 6) is 7.51. The Kier molecular flexibility index (Phi) is 5.29. The van der Waals surface area contributed by atoms with Gasteiger partial charge in [-0.3, -0.25) is 10.7 Å². The van der Waals surface area contributed by atoms with Gasteiger partial charge in [-0.15, -0.1) is 0 Å². The Balaban J connectivity index is 1.31. The second-order valence-corrected chi connectivity index (χ2v) is 8.85. The number of nitrogens with one attached hydrogen (secondary N) is 1. The minimum Gasteiger partial charge on any atom is -0.488 e. The van der Waals surface area contributed by atoms with Gasteiger partial charge in [-0.05, 0) is 38.0 Å². The highest BCUT2D eigenvalue weighted by molar-refractivity contribution is 5.84.